The summed E-state index contributed by atoms with van der Waals surface area (Å²) in [5.74, 6) is -0.776. The lowest BCUT2D eigenvalue weighted by atomic mass is 10.1. The minimum Gasteiger partial charge on any atom is -0.376 e. The van der Waals surface area contributed by atoms with Crippen LogP contribution in [0.3, 0.4) is 0 Å². The lowest BCUT2D eigenvalue weighted by Gasteiger charge is -2.11. The van der Waals surface area contributed by atoms with Crippen LogP contribution < -0.4 is 16.2 Å². The molecule has 2 amide bonds. The van der Waals surface area contributed by atoms with E-state index in [1.165, 1.54) is 6.20 Å². The highest BCUT2D eigenvalue weighted by Crippen LogP contribution is 2.17. The molecular weight excluding hydrogens is 434 g/mol. The van der Waals surface area contributed by atoms with Crippen molar-refractivity contribution in [1.29, 1.82) is 0 Å². The van der Waals surface area contributed by atoms with Crippen LogP contribution in [0.2, 0.25) is 0 Å². The van der Waals surface area contributed by atoms with Gasteiger partial charge in [-0.05, 0) is 56.7 Å². The van der Waals surface area contributed by atoms with Gasteiger partial charge >= 0.3 is 0 Å². The Kier molecular flexibility index (Phi) is 6.33. The van der Waals surface area contributed by atoms with Crippen LogP contribution in [0.4, 0.5) is 5.69 Å². The number of aryl methyl sites for hydroxylation is 2. The highest BCUT2D eigenvalue weighted by atomic mass is 79.9. The van der Waals surface area contributed by atoms with Gasteiger partial charge in [0.2, 0.25) is 0 Å². The van der Waals surface area contributed by atoms with E-state index in [0.29, 0.717) is 11.3 Å². The van der Waals surface area contributed by atoms with E-state index in [-0.39, 0.29) is 12.5 Å². The maximum absolute atomic E-state index is 12.4. The highest BCUT2D eigenvalue weighted by Gasteiger charge is 2.16. The van der Waals surface area contributed by atoms with Crippen molar-refractivity contribution in [3.8, 4) is 5.69 Å². The van der Waals surface area contributed by atoms with Crippen LogP contribution in [0.5, 0.6) is 0 Å². The summed E-state index contributed by atoms with van der Waals surface area (Å²) in [6.07, 6.45) is 1.48. The number of hydrogen-bond acceptors (Lipinski definition) is 4. The van der Waals surface area contributed by atoms with Gasteiger partial charge in [-0.25, -0.2) is 4.68 Å². The van der Waals surface area contributed by atoms with Gasteiger partial charge in [0.05, 0.1) is 29.7 Å². The third-order valence-corrected chi connectivity index (χ3v) is 4.99. The third-order valence-electron chi connectivity index (χ3n) is 4.46. The van der Waals surface area contributed by atoms with Gasteiger partial charge in [-0.2, -0.15) is 5.10 Å². The molecule has 150 valence electrons. The van der Waals surface area contributed by atoms with E-state index in [0.717, 1.165) is 27.0 Å². The van der Waals surface area contributed by atoms with E-state index < -0.39 is 5.91 Å². The summed E-state index contributed by atoms with van der Waals surface area (Å²) >= 11 is 3.39. The number of nitrogens with one attached hydrogen (secondary N) is 3. The van der Waals surface area contributed by atoms with Crippen LogP contribution in [-0.4, -0.2) is 28.1 Å². The molecule has 2 aromatic carbocycles. The molecule has 3 rings (SSSR count). The van der Waals surface area contributed by atoms with Crippen LogP contribution >= 0.6 is 15.9 Å². The molecule has 0 aliphatic rings. The van der Waals surface area contributed by atoms with E-state index in [2.05, 4.69) is 37.2 Å². The third kappa shape index (κ3) is 5.03. The Morgan fingerprint density at radius 1 is 1.03 bits per heavy atom. The van der Waals surface area contributed by atoms with Crippen molar-refractivity contribution in [2.45, 2.75) is 20.8 Å². The Labute approximate surface area is 177 Å². The Balaban J connectivity index is 1.56. The van der Waals surface area contributed by atoms with Crippen molar-refractivity contribution < 1.29 is 9.59 Å². The molecule has 0 radical (unpaired) electrons. The van der Waals surface area contributed by atoms with E-state index in [1.54, 1.807) is 11.6 Å². The molecule has 1 aromatic heterocycles. The van der Waals surface area contributed by atoms with E-state index >= 15 is 0 Å². The molecule has 8 heteroatoms. The number of anilines is 1. The van der Waals surface area contributed by atoms with Crippen molar-refractivity contribution in [3.05, 3.63) is 75.5 Å². The number of nitrogens with zero attached hydrogens (tertiary/aromatic N) is 2. The first kappa shape index (κ1) is 20.6. The quantitative estimate of drug-likeness (QED) is 0.514. The van der Waals surface area contributed by atoms with Crippen molar-refractivity contribution in [1.82, 2.24) is 20.6 Å². The second-order valence-corrected chi connectivity index (χ2v) is 7.62. The van der Waals surface area contributed by atoms with Crippen molar-refractivity contribution >= 4 is 33.4 Å². The van der Waals surface area contributed by atoms with Gasteiger partial charge in [-0.3, -0.25) is 20.4 Å². The zero-order chi connectivity index (χ0) is 21.0. The normalized spacial score (nSPS) is 10.5. The molecular formula is C21H22BrN5O2. The summed E-state index contributed by atoms with van der Waals surface area (Å²) in [5, 5.41) is 7.33. The van der Waals surface area contributed by atoms with E-state index in [1.807, 2.05) is 56.3 Å². The van der Waals surface area contributed by atoms with Crippen LogP contribution in [0.1, 0.15) is 27.2 Å². The van der Waals surface area contributed by atoms with Gasteiger partial charge in [0.15, 0.2) is 0 Å². The first-order valence-electron chi connectivity index (χ1n) is 9.06. The SMILES string of the molecule is Cc1ccc(NCC(=O)NNC(=O)c2cnn(-c3ccc(Br)cc3)c2C)c(C)c1. The van der Waals surface area contributed by atoms with Gasteiger partial charge in [-0.1, -0.05) is 33.6 Å². The molecule has 0 spiro atoms. The molecule has 0 atom stereocenters. The number of benzene rings is 2. The summed E-state index contributed by atoms with van der Waals surface area (Å²) in [6.45, 7) is 5.83. The van der Waals surface area contributed by atoms with Crippen LogP contribution in [0.15, 0.2) is 53.1 Å². The molecule has 0 unspecified atom stereocenters. The van der Waals surface area contributed by atoms with Gasteiger partial charge in [0, 0.05) is 10.2 Å². The standard InChI is InChI=1S/C21H22BrN5O2/c1-13-4-9-19(14(2)10-13)23-12-20(28)25-26-21(29)18-11-24-27(15(18)3)17-7-5-16(22)6-8-17/h4-11,23H,12H2,1-3H3,(H,25,28)(H,26,29). The minimum atomic E-state index is -0.425. The summed E-state index contributed by atoms with van der Waals surface area (Å²) in [7, 11) is 0. The van der Waals surface area contributed by atoms with Gasteiger partial charge in [0.1, 0.15) is 0 Å². The zero-order valence-electron chi connectivity index (χ0n) is 16.4. The van der Waals surface area contributed by atoms with Crippen LogP contribution in [-0.2, 0) is 4.79 Å². The molecule has 0 fully saturated rings. The summed E-state index contributed by atoms with van der Waals surface area (Å²) < 4.78 is 2.63. The van der Waals surface area contributed by atoms with E-state index in [9.17, 15) is 9.59 Å². The molecule has 0 bridgehead atoms. The summed E-state index contributed by atoms with van der Waals surface area (Å²) in [5.41, 5.74) is 9.84. The Morgan fingerprint density at radius 2 is 1.76 bits per heavy atom. The maximum Gasteiger partial charge on any atom is 0.273 e. The van der Waals surface area contributed by atoms with Gasteiger partial charge < -0.3 is 5.32 Å². The van der Waals surface area contributed by atoms with Crippen molar-refractivity contribution in [2.24, 2.45) is 0 Å². The molecule has 29 heavy (non-hydrogen) atoms. The van der Waals surface area contributed by atoms with Gasteiger partial charge in [-0.15, -0.1) is 0 Å². The molecule has 7 nitrogen and oxygen atoms in total. The Hall–Kier alpha value is -3.13. The van der Waals surface area contributed by atoms with Crippen molar-refractivity contribution in [2.75, 3.05) is 11.9 Å². The molecule has 0 saturated carbocycles. The number of amides is 2. The predicted molar refractivity (Wildman–Crippen MR) is 116 cm³/mol. The molecule has 0 aliphatic carbocycles. The summed E-state index contributed by atoms with van der Waals surface area (Å²) in [4.78, 5) is 24.5. The fraction of sp³-hybridized carbons (Fsp3) is 0.190. The molecule has 3 N–H and O–H groups in total. The largest absolute Gasteiger partial charge is 0.376 e. The monoisotopic (exact) mass is 455 g/mol. The van der Waals surface area contributed by atoms with Gasteiger partial charge in [0.25, 0.3) is 11.8 Å². The van der Waals surface area contributed by atoms with Crippen LogP contribution in [0, 0.1) is 20.8 Å². The Morgan fingerprint density at radius 3 is 2.45 bits per heavy atom. The molecule has 0 aliphatic heterocycles. The van der Waals surface area contributed by atoms with E-state index in [4.69, 9.17) is 0 Å². The fourth-order valence-electron chi connectivity index (χ4n) is 2.90. The number of carbonyl (C=O) groups excluding carboxylic acids is 2. The second kappa shape index (κ2) is 8.91. The minimum absolute atomic E-state index is 0.0430. The number of aromatic nitrogens is 2. The fourth-order valence-corrected chi connectivity index (χ4v) is 3.16. The number of hydrazine groups is 1. The molecule has 0 saturated heterocycles. The average Bonchev–Trinajstić information content (AvgIpc) is 3.07. The average molecular weight is 456 g/mol. The molecule has 1 heterocycles. The smallest absolute Gasteiger partial charge is 0.273 e. The lowest BCUT2D eigenvalue weighted by molar-refractivity contribution is -0.120. The first-order chi connectivity index (χ1) is 13.8. The van der Waals surface area contributed by atoms with Crippen molar-refractivity contribution in [3.63, 3.8) is 0 Å². The second-order valence-electron chi connectivity index (χ2n) is 6.71. The number of hydrogen-bond donors (Lipinski definition) is 3. The molecule has 3 aromatic rings. The Bertz CT molecular complexity index is 1040. The predicted octanol–water partition coefficient (Wildman–Crippen LogP) is 3.43. The van der Waals surface area contributed by atoms with Crippen LogP contribution in [0.25, 0.3) is 5.69 Å². The first-order valence-corrected chi connectivity index (χ1v) is 9.85. The number of rotatable bonds is 5. The lowest BCUT2D eigenvalue weighted by Crippen LogP contribution is -2.44. The maximum atomic E-state index is 12.4. The summed E-state index contributed by atoms with van der Waals surface area (Å²) in [6, 6.07) is 13.5. The highest BCUT2D eigenvalue weighted by molar-refractivity contribution is 9.10. The number of halogens is 1. The topological polar surface area (TPSA) is 88.1 Å². The number of carbonyl (C=O) groups is 2. The zero-order valence-corrected chi connectivity index (χ0v) is 18.0.